The Balaban J connectivity index is 2.26. The van der Waals surface area contributed by atoms with E-state index < -0.39 is 5.82 Å². The Morgan fingerprint density at radius 1 is 1.19 bits per heavy atom. The van der Waals surface area contributed by atoms with Crippen molar-refractivity contribution in [1.29, 1.82) is 0 Å². The molecular weight excluding hydrogens is 339 g/mol. The predicted octanol–water partition coefficient (Wildman–Crippen LogP) is 4.38. The van der Waals surface area contributed by atoms with Crippen molar-refractivity contribution in [2.45, 2.75) is 13.5 Å². The lowest BCUT2D eigenvalue weighted by atomic mass is 10.1. The number of hydrogen-bond donors (Lipinski definition) is 0. The summed E-state index contributed by atoms with van der Waals surface area (Å²) >= 11 is 3.38. The van der Waals surface area contributed by atoms with Crippen LogP contribution in [0.3, 0.4) is 0 Å². The zero-order valence-electron chi connectivity index (χ0n) is 11.7. The number of ether oxygens (including phenoxy) is 2. The highest BCUT2D eigenvalue weighted by molar-refractivity contribution is 9.10. The standard InChI is InChI=1S/C16H14BrFO3/c1-10(19)14-5-4-13(18)8-16(14)21-9-11-7-12(17)3-6-15(11)20-2/h3-8H,9H2,1-2H3. The lowest BCUT2D eigenvalue weighted by molar-refractivity contribution is 0.101. The van der Waals surface area contributed by atoms with Gasteiger partial charge in [-0.25, -0.2) is 4.39 Å². The molecule has 0 radical (unpaired) electrons. The van der Waals surface area contributed by atoms with Gasteiger partial charge in [0.1, 0.15) is 23.9 Å². The second kappa shape index (κ2) is 6.72. The van der Waals surface area contributed by atoms with Gasteiger partial charge in [-0.3, -0.25) is 4.79 Å². The molecule has 0 aliphatic heterocycles. The third-order valence-electron chi connectivity index (χ3n) is 2.95. The summed E-state index contributed by atoms with van der Waals surface area (Å²) in [5, 5.41) is 0. The second-order valence-corrected chi connectivity index (χ2v) is 5.36. The molecule has 0 saturated heterocycles. The Bertz CT molecular complexity index is 671. The molecule has 110 valence electrons. The van der Waals surface area contributed by atoms with E-state index in [1.54, 1.807) is 13.2 Å². The first-order chi connectivity index (χ1) is 10.0. The van der Waals surface area contributed by atoms with E-state index in [1.165, 1.54) is 25.1 Å². The predicted molar refractivity (Wildman–Crippen MR) is 81.4 cm³/mol. The summed E-state index contributed by atoms with van der Waals surface area (Å²) in [5.41, 5.74) is 1.15. The lowest BCUT2D eigenvalue weighted by Gasteiger charge is -2.13. The van der Waals surface area contributed by atoms with Gasteiger partial charge in [0.25, 0.3) is 0 Å². The van der Waals surface area contributed by atoms with Gasteiger partial charge in [0.2, 0.25) is 0 Å². The minimum Gasteiger partial charge on any atom is -0.496 e. The van der Waals surface area contributed by atoms with Crippen molar-refractivity contribution in [3.05, 3.63) is 57.8 Å². The molecule has 2 rings (SSSR count). The van der Waals surface area contributed by atoms with Gasteiger partial charge >= 0.3 is 0 Å². The van der Waals surface area contributed by atoms with E-state index in [0.29, 0.717) is 11.3 Å². The fourth-order valence-corrected chi connectivity index (χ4v) is 2.33. The normalized spacial score (nSPS) is 10.3. The highest BCUT2D eigenvalue weighted by Crippen LogP contribution is 2.26. The zero-order valence-corrected chi connectivity index (χ0v) is 13.2. The van der Waals surface area contributed by atoms with E-state index in [9.17, 15) is 9.18 Å². The van der Waals surface area contributed by atoms with Crippen LogP contribution in [0.4, 0.5) is 4.39 Å². The van der Waals surface area contributed by atoms with Crippen molar-refractivity contribution < 1.29 is 18.7 Å². The average Bonchev–Trinajstić information content (AvgIpc) is 2.45. The topological polar surface area (TPSA) is 35.5 Å². The molecule has 0 aliphatic rings. The van der Waals surface area contributed by atoms with Gasteiger partial charge in [-0.2, -0.15) is 0 Å². The first-order valence-electron chi connectivity index (χ1n) is 6.27. The molecule has 2 aromatic carbocycles. The van der Waals surface area contributed by atoms with Crippen molar-refractivity contribution in [3.8, 4) is 11.5 Å². The maximum atomic E-state index is 13.3. The van der Waals surface area contributed by atoms with Crippen LogP contribution in [0.2, 0.25) is 0 Å². The minimum absolute atomic E-state index is 0.173. The van der Waals surface area contributed by atoms with E-state index in [4.69, 9.17) is 9.47 Å². The Labute approximate surface area is 130 Å². The third kappa shape index (κ3) is 3.82. The lowest BCUT2D eigenvalue weighted by Crippen LogP contribution is -2.03. The van der Waals surface area contributed by atoms with Crippen LogP contribution in [0.5, 0.6) is 11.5 Å². The van der Waals surface area contributed by atoms with Crippen LogP contribution in [0, 0.1) is 5.82 Å². The Kier molecular flexibility index (Phi) is 4.96. The van der Waals surface area contributed by atoms with Crippen molar-refractivity contribution in [2.75, 3.05) is 7.11 Å². The van der Waals surface area contributed by atoms with Crippen LogP contribution in [-0.2, 0) is 6.61 Å². The Hall–Kier alpha value is -1.88. The SMILES string of the molecule is COc1ccc(Br)cc1COc1cc(F)ccc1C(C)=O. The Morgan fingerprint density at radius 2 is 1.95 bits per heavy atom. The summed E-state index contributed by atoms with van der Waals surface area (Å²) in [4.78, 5) is 11.5. The maximum Gasteiger partial charge on any atom is 0.163 e. The van der Waals surface area contributed by atoms with Crippen LogP contribution in [0.15, 0.2) is 40.9 Å². The molecule has 0 N–H and O–H groups in total. The number of rotatable bonds is 5. The van der Waals surface area contributed by atoms with Crippen molar-refractivity contribution in [3.63, 3.8) is 0 Å². The molecule has 0 aromatic heterocycles. The number of carbonyl (C=O) groups excluding carboxylic acids is 1. The molecule has 0 atom stereocenters. The van der Waals surface area contributed by atoms with Crippen LogP contribution < -0.4 is 9.47 Å². The number of halogens is 2. The number of hydrogen-bond acceptors (Lipinski definition) is 3. The van der Waals surface area contributed by atoms with Gasteiger partial charge in [0.15, 0.2) is 5.78 Å². The van der Waals surface area contributed by atoms with E-state index in [2.05, 4.69) is 15.9 Å². The smallest absolute Gasteiger partial charge is 0.163 e. The van der Waals surface area contributed by atoms with Gasteiger partial charge in [-0.15, -0.1) is 0 Å². The molecule has 0 spiro atoms. The molecule has 3 nitrogen and oxygen atoms in total. The summed E-state index contributed by atoms with van der Waals surface area (Å²) in [5.74, 6) is 0.269. The molecule has 0 saturated carbocycles. The van der Waals surface area contributed by atoms with Crippen LogP contribution in [0.1, 0.15) is 22.8 Å². The van der Waals surface area contributed by atoms with Crippen LogP contribution in [-0.4, -0.2) is 12.9 Å². The van der Waals surface area contributed by atoms with E-state index >= 15 is 0 Å². The van der Waals surface area contributed by atoms with E-state index in [1.807, 2.05) is 12.1 Å². The highest BCUT2D eigenvalue weighted by atomic mass is 79.9. The second-order valence-electron chi connectivity index (χ2n) is 4.44. The molecule has 0 aliphatic carbocycles. The highest BCUT2D eigenvalue weighted by Gasteiger charge is 2.11. The molecule has 0 fully saturated rings. The summed E-state index contributed by atoms with van der Waals surface area (Å²) in [6, 6.07) is 9.38. The quantitative estimate of drug-likeness (QED) is 0.749. The van der Waals surface area contributed by atoms with E-state index in [0.717, 1.165) is 10.0 Å². The third-order valence-corrected chi connectivity index (χ3v) is 3.44. The summed E-state index contributed by atoms with van der Waals surface area (Å²) in [6.07, 6.45) is 0. The average molecular weight is 353 g/mol. The number of carbonyl (C=O) groups is 1. The molecule has 2 aromatic rings. The zero-order chi connectivity index (χ0) is 15.4. The maximum absolute atomic E-state index is 13.3. The largest absolute Gasteiger partial charge is 0.496 e. The molecule has 0 unspecified atom stereocenters. The molecule has 0 amide bonds. The van der Waals surface area contributed by atoms with Crippen LogP contribution >= 0.6 is 15.9 Å². The molecular formula is C16H14BrFO3. The Morgan fingerprint density at radius 3 is 2.62 bits per heavy atom. The van der Waals surface area contributed by atoms with Crippen LogP contribution in [0.25, 0.3) is 0 Å². The summed E-state index contributed by atoms with van der Waals surface area (Å²) < 4.78 is 25.1. The fourth-order valence-electron chi connectivity index (χ4n) is 1.92. The summed E-state index contributed by atoms with van der Waals surface area (Å²) in [7, 11) is 1.57. The molecule has 0 bridgehead atoms. The van der Waals surface area contributed by atoms with Crippen molar-refractivity contribution in [1.82, 2.24) is 0 Å². The molecule has 0 heterocycles. The fraction of sp³-hybridized carbons (Fsp3) is 0.188. The van der Waals surface area contributed by atoms with Crippen molar-refractivity contribution >= 4 is 21.7 Å². The number of methoxy groups -OCH3 is 1. The van der Waals surface area contributed by atoms with Crippen molar-refractivity contribution in [2.24, 2.45) is 0 Å². The summed E-state index contributed by atoms with van der Waals surface area (Å²) in [6.45, 7) is 1.59. The monoisotopic (exact) mass is 352 g/mol. The molecule has 21 heavy (non-hydrogen) atoms. The van der Waals surface area contributed by atoms with Gasteiger partial charge in [-0.05, 0) is 37.3 Å². The van der Waals surface area contributed by atoms with E-state index in [-0.39, 0.29) is 18.1 Å². The van der Waals surface area contributed by atoms with Gasteiger partial charge in [0, 0.05) is 16.1 Å². The van der Waals surface area contributed by atoms with Gasteiger partial charge < -0.3 is 9.47 Å². The number of benzene rings is 2. The van der Waals surface area contributed by atoms with Gasteiger partial charge in [0.05, 0.1) is 12.7 Å². The minimum atomic E-state index is -0.448. The first kappa shape index (κ1) is 15.5. The first-order valence-corrected chi connectivity index (χ1v) is 7.06. The van der Waals surface area contributed by atoms with Gasteiger partial charge in [-0.1, -0.05) is 15.9 Å². The number of ketones is 1. The number of Topliss-reactive ketones (excluding diaryl/α,β-unsaturated/α-hetero) is 1. The molecule has 5 heteroatoms.